The van der Waals surface area contributed by atoms with E-state index in [2.05, 4.69) is 15.6 Å². The van der Waals surface area contributed by atoms with Gasteiger partial charge in [-0.3, -0.25) is 14.4 Å². The van der Waals surface area contributed by atoms with Gasteiger partial charge in [0, 0.05) is 31.7 Å². The molecule has 1 aromatic heterocycles. The molecule has 0 atom stereocenters. The van der Waals surface area contributed by atoms with Crippen LogP contribution in [0.3, 0.4) is 0 Å². The van der Waals surface area contributed by atoms with E-state index in [1.807, 2.05) is 24.0 Å². The SMILES string of the molecule is Cc1cccc(NC(=O)CCNc2c(N3CCCC3)c(=O)c2=O)n1. The first-order chi connectivity index (χ1) is 11.6. The fraction of sp³-hybridized carbons (Fsp3) is 0.412. The predicted molar refractivity (Wildman–Crippen MR) is 93.5 cm³/mol. The standard InChI is InChI=1S/C17H20N4O3/c1-11-5-4-6-12(19-11)20-13(22)7-8-18-14-15(17(24)16(14)23)21-9-2-3-10-21/h4-6,18H,2-3,7-10H2,1H3,(H,19,20,22). The minimum Gasteiger partial charge on any atom is -0.379 e. The number of rotatable bonds is 6. The maximum atomic E-state index is 11.9. The number of carbonyl (C=O) groups excluding carboxylic acids is 1. The fourth-order valence-electron chi connectivity index (χ4n) is 2.91. The molecule has 1 aliphatic heterocycles. The van der Waals surface area contributed by atoms with Crippen molar-refractivity contribution in [2.75, 3.05) is 35.2 Å². The van der Waals surface area contributed by atoms with E-state index in [0.29, 0.717) is 23.7 Å². The second-order valence-electron chi connectivity index (χ2n) is 5.97. The Morgan fingerprint density at radius 3 is 2.67 bits per heavy atom. The van der Waals surface area contributed by atoms with Crippen LogP contribution in [0.1, 0.15) is 25.0 Å². The van der Waals surface area contributed by atoms with Crippen molar-refractivity contribution >= 4 is 23.1 Å². The molecule has 1 amide bonds. The van der Waals surface area contributed by atoms with Gasteiger partial charge >= 0.3 is 0 Å². The van der Waals surface area contributed by atoms with Crippen molar-refractivity contribution in [3.05, 3.63) is 44.3 Å². The average molecular weight is 328 g/mol. The Hall–Kier alpha value is -2.70. The first-order valence-electron chi connectivity index (χ1n) is 8.12. The summed E-state index contributed by atoms with van der Waals surface area (Å²) in [5.74, 6) is 0.314. The number of pyridine rings is 1. The van der Waals surface area contributed by atoms with Crippen LogP contribution in [0.5, 0.6) is 0 Å². The highest BCUT2D eigenvalue weighted by Crippen LogP contribution is 2.24. The summed E-state index contributed by atoms with van der Waals surface area (Å²) in [7, 11) is 0. The molecule has 0 radical (unpaired) electrons. The van der Waals surface area contributed by atoms with Gasteiger partial charge in [0.15, 0.2) is 0 Å². The zero-order valence-electron chi connectivity index (χ0n) is 13.6. The molecule has 24 heavy (non-hydrogen) atoms. The number of hydrogen-bond donors (Lipinski definition) is 2. The predicted octanol–water partition coefficient (Wildman–Crippen LogP) is 1.03. The van der Waals surface area contributed by atoms with Gasteiger partial charge in [0.25, 0.3) is 10.9 Å². The molecule has 1 aromatic carbocycles. The third-order valence-corrected chi connectivity index (χ3v) is 4.12. The number of aromatic nitrogens is 1. The Balaban J connectivity index is 1.53. The maximum Gasteiger partial charge on any atom is 0.253 e. The lowest BCUT2D eigenvalue weighted by Gasteiger charge is -2.22. The third-order valence-electron chi connectivity index (χ3n) is 4.12. The molecule has 1 saturated heterocycles. The highest BCUT2D eigenvalue weighted by molar-refractivity contribution is 5.90. The molecule has 0 aliphatic carbocycles. The summed E-state index contributed by atoms with van der Waals surface area (Å²) in [6.45, 7) is 3.75. The van der Waals surface area contributed by atoms with Crippen molar-refractivity contribution in [3.8, 4) is 0 Å². The van der Waals surface area contributed by atoms with E-state index in [1.165, 1.54) is 0 Å². The van der Waals surface area contributed by atoms with Gasteiger partial charge < -0.3 is 15.5 Å². The van der Waals surface area contributed by atoms with E-state index < -0.39 is 10.9 Å². The quantitative estimate of drug-likeness (QED) is 0.770. The van der Waals surface area contributed by atoms with Crippen LogP contribution in [-0.4, -0.2) is 30.5 Å². The first-order valence-corrected chi connectivity index (χ1v) is 8.12. The van der Waals surface area contributed by atoms with Gasteiger partial charge in [-0.2, -0.15) is 0 Å². The van der Waals surface area contributed by atoms with Gasteiger partial charge in [-0.25, -0.2) is 4.98 Å². The summed E-state index contributed by atoms with van der Waals surface area (Å²) >= 11 is 0. The Kier molecular flexibility index (Phi) is 4.59. The van der Waals surface area contributed by atoms with Crippen molar-refractivity contribution < 1.29 is 4.79 Å². The summed E-state index contributed by atoms with van der Waals surface area (Å²) < 4.78 is 0. The van der Waals surface area contributed by atoms with E-state index in [9.17, 15) is 14.4 Å². The molecule has 7 nitrogen and oxygen atoms in total. The molecular weight excluding hydrogens is 308 g/mol. The summed E-state index contributed by atoms with van der Waals surface area (Å²) in [5, 5.41) is 5.65. The molecule has 0 bridgehead atoms. The number of amides is 1. The van der Waals surface area contributed by atoms with Crippen LogP contribution >= 0.6 is 0 Å². The monoisotopic (exact) mass is 328 g/mol. The highest BCUT2D eigenvalue weighted by Gasteiger charge is 2.27. The van der Waals surface area contributed by atoms with E-state index in [1.54, 1.807) is 6.07 Å². The number of anilines is 3. The molecule has 126 valence electrons. The summed E-state index contributed by atoms with van der Waals surface area (Å²) in [6, 6.07) is 5.39. The lowest BCUT2D eigenvalue weighted by Crippen LogP contribution is -2.42. The molecule has 0 spiro atoms. The Morgan fingerprint density at radius 2 is 1.96 bits per heavy atom. The van der Waals surface area contributed by atoms with Gasteiger partial charge in [0.05, 0.1) is 0 Å². The number of nitrogens with zero attached hydrogens (tertiary/aromatic N) is 2. The highest BCUT2D eigenvalue weighted by atomic mass is 16.2. The molecule has 7 heteroatoms. The molecular formula is C17H20N4O3. The van der Waals surface area contributed by atoms with Crippen molar-refractivity contribution in [1.29, 1.82) is 0 Å². The first kappa shape index (κ1) is 16.2. The minimum atomic E-state index is -0.488. The average Bonchev–Trinajstić information content (AvgIpc) is 3.07. The Bertz CT molecular complexity index is 817. The normalized spacial score (nSPS) is 14.1. The van der Waals surface area contributed by atoms with Gasteiger partial charge in [0.1, 0.15) is 17.2 Å². The van der Waals surface area contributed by atoms with E-state index in [4.69, 9.17) is 0 Å². The Labute approximate surface area is 139 Å². The molecule has 3 rings (SSSR count). The number of hydrogen-bond acceptors (Lipinski definition) is 6. The molecule has 1 fully saturated rings. The van der Waals surface area contributed by atoms with Crippen molar-refractivity contribution in [3.63, 3.8) is 0 Å². The zero-order valence-corrected chi connectivity index (χ0v) is 13.6. The molecule has 0 unspecified atom stereocenters. The number of carbonyl (C=O) groups is 1. The Morgan fingerprint density at radius 1 is 1.21 bits per heavy atom. The van der Waals surface area contributed by atoms with Gasteiger partial charge in [-0.15, -0.1) is 0 Å². The van der Waals surface area contributed by atoms with Crippen LogP contribution in [0.15, 0.2) is 27.8 Å². The van der Waals surface area contributed by atoms with Crippen LogP contribution in [0.4, 0.5) is 17.2 Å². The lowest BCUT2D eigenvalue weighted by atomic mass is 10.1. The van der Waals surface area contributed by atoms with Gasteiger partial charge in [-0.1, -0.05) is 6.07 Å². The zero-order chi connectivity index (χ0) is 17.1. The number of aryl methyl sites for hydroxylation is 1. The largest absolute Gasteiger partial charge is 0.379 e. The van der Waals surface area contributed by atoms with Gasteiger partial charge in [0.2, 0.25) is 5.91 Å². The maximum absolute atomic E-state index is 11.9. The third kappa shape index (κ3) is 3.29. The second kappa shape index (κ2) is 6.82. The molecule has 2 heterocycles. The molecule has 1 aliphatic rings. The van der Waals surface area contributed by atoms with Crippen LogP contribution < -0.4 is 26.4 Å². The van der Waals surface area contributed by atoms with Crippen LogP contribution in [0, 0.1) is 6.92 Å². The fourth-order valence-corrected chi connectivity index (χ4v) is 2.91. The topological polar surface area (TPSA) is 91.4 Å². The minimum absolute atomic E-state index is 0.188. The smallest absolute Gasteiger partial charge is 0.253 e. The van der Waals surface area contributed by atoms with Crippen molar-refractivity contribution in [2.24, 2.45) is 0 Å². The van der Waals surface area contributed by atoms with Crippen LogP contribution in [0.25, 0.3) is 0 Å². The summed E-state index contributed by atoms with van der Waals surface area (Å²) in [5.41, 5.74) is 0.747. The van der Waals surface area contributed by atoms with Crippen LogP contribution in [-0.2, 0) is 4.79 Å². The summed E-state index contributed by atoms with van der Waals surface area (Å²) in [6.07, 6.45) is 2.25. The second-order valence-corrected chi connectivity index (χ2v) is 5.97. The van der Waals surface area contributed by atoms with E-state index in [-0.39, 0.29) is 12.3 Å². The molecule has 0 saturated carbocycles. The molecule has 2 N–H and O–H groups in total. The van der Waals surface area contributed by atoms with Crippen LogP contribution in [0.2, 0.25) is 0 Å². The summed E-state index contributed by atoms with van der Waals surface area (Å²) in [4.78, 5) is 41.6. The van der Waals surface area contributed by atoms with Crippen molar-refractivity contribution in [1.82, 2.24) is 4.98 Å². The lowest BCUT2D eigenvalue weighted by molar-refractivity contribution is -0.116. The number of nitrogens with one attached hydrogen (secondary N) is 2. The van der Waals surface area contributed by atoms with Crippen molar-refractivity contribution in [2.45, 2.75) is 26.2 Å². The van der Waals surface area contributed by atoms with E-state index >= 15 is 0 Å². The molecule has 2 aromatic rings. The van der Waals surface area contributed by atoms with Gasteiger partial charge in [-0.05, 0) is 31.9 Å². The van der Waals surface area contributed by atoms with E-state index in [0.717, 1.165) is 31.6 Å².